The van der Waals surface area contributed by atoms with Crippen LogP contribution in [0.25, 0.3) is 4.83 Å². The van der Waals surface area contributed by atoms with Gasteiger partial charge in [-0.05, 0) is 0 Å². The molecular weight excluding hydrogens is 555 g/mol. The van der Waals surface area contributed by atoms with Crippen LogP contribution in [0.4, 0.5) is 0 Å². The first-order valence-corrected chi connectivity index (χ1v) is 24.9. The molecule has 0 radical (unpaired) electrons. The van der Waals surface area contributed by atoms with Gasteiger partial charge in [-0.2, -0.15) is 0 Å². The van der Waals surface area contributed by atoms with Gasteiger partial charge in [-0.25, -0.2) is 0 Å². The third-order valence-corrected chi connectivity index (χ3v) is 27.7. The quantitative estimate of drug-likeness (QED) is 0.116. The maximum absolute atomic E-state index is 6.45. The number of hydrogen-bond donors (Lipinski definition) is 0. The molecule has 0 aliphatic heterocycles. The molecule has 0 spiro atoms. The van der Waals surface area contributed by atoms with E-state index in [1.807, 2.05) is 11.8 Å². The molecule has 7 heteroatoms. The SMILES string of the molecule is CCC[CH2][Sn]([CH2]CCC)([CH2]CCC)[c]1cn2cnc(SC(CC(C)(C)C)O[SiH](C)C)c2s1. The van der Waals surface area contributed by atoms with Crippen molar-refractivity contribution in [3.8, 4) is 0 Å². The fraction of sp³-hybridized carbons (Fsp3) is 0.800. The molecule has 0 aliphatic carbocycles. The van der Waals surface area contributed by atoms with E-state index >= 15 is 0 Å². The monoisotopic (exact) mass is 604 g/mol. The van der Waals surface area contributed by atoms with Crippen molar-refractivity contribution >= 4 is 58.2 Å². The second-order valence-electron chi connectivity index (χ2n) is 10.9. The Kier molecular flexibility index (Phi) is 12.2. The molecule has 2 rings (SSSR count). The van der Waals surface area contributed by atoms with E-state index in [4.69, 9.17) is 9.41 Å². The molecule has 0 amide bonds. The molecule has 0 bridgehead atoms. The summed E-state index contributed by atoms with van der Waals surface area (Å²) in [6, 6.07) is 0. The number of aromatic nitrogens is 2. The summed E-state index contributed by atoms with van der Waals surface area (Å²) in [5.74, 6) is 0. The molecule has 0 aliphatic rings. The van der Waals surface area contributed by atoms with Gasteiger partial charge in [-0.1, -0.05) is 0 Å². The summed E-state index contributed by atoms with van der Waals surface area (Å²) in [5, 5.41) is 1.19. The van der Waals surface area contributed by atoms with Gasteiger partial charge >= 0.3 is 213 Å². The van der Waals surface area contributed by atoms with Crippen molar-refractivity contribution in [3.63, 3.8) is 0 Å². The van der Waals surface area contributed by atoms with E-state index < -0.39 is 27.4 Å². The second-order valence-corrected chi connectivity index (χ2v) is 29.7. The van der Waals surface area contributed by atoms with Crippen LogP contribution in [0.5, 0.6) is 0 Å². The van der Waals surface area contributed by atoms with Crippen LogP contribution in [0.3, 0.4) is 0 Å². The van der Waals surface area contributed by atoms with Crippen LogP contribution in [0, 0.1) is 5.41 Å². The van der Waals surface area contributed by atoms with Crippen LogP contribution in [0.1, 0.15) is 86.5 Å². The van der Waals surface area contributed by atoms with Crippen molar-refractivity contribution in [2.75, 3.05) is 0 Å². The molecule has 32 heavy (non-hydrogen) atoms. The first-order valence-electron chi connectivity index (χ1n) is 12.9. The Bertz CT molecular complexity index is 778. The molecule has 0 saturated heterocycles. The van der Waals surface area contributed by atoms with E-state index in [1.165, 1.54) is 61.7 Å². The second kappa shape index (κ2) is 13.5. The molecule has 1 atom stereocenters. The average molecular weight is 604 g/mol. The third kappa shape index (κ3) is 8.61. The van der Waals surface area contributed by atoms with Gasteiger partial charge in [0.25, 0.3) is 0 Å². The molecule has 0 fully saturated rings. The van der Waals surface area contributed by atoms with Crippen molar-refractivity contribution in [1.82, 2.24) is 9.38 Å². The Hall–Kier alpha value is 0.496. The van der Waals surface area contributed by atoms with E-state index in [9.17, 15) is 0 Å². The number of hydrogen-bond acceptors (Lipinski definition) is 4. The fourth-order valence-electron chi connectivity index (χ4n) is 4.44. The number of thioether (sulfide) groups is 1. The molecule has 2 aromatic rings. The summed E-state index contributed by atoms with van der Waals surface area (Å²) >= 11 is 1.57. The van der Waals surface area contributed by atoms with Gasteiger partial charge in [0.1, 0.15) is 0 Å². The zero-order chi connectivity index (χ0) is 23.8. The van der Waals surface area contributed by atoms with Gasteiger partial charge in [0.15, 0.2) is 0 Å². The minimum atomic E-state index is -2.40. The Labute approximate surface area is 212 Å². The molecule has 184 valence electrons. The van der Waals surface area contributed by atoms with Gasteiger partial charge in [0.2, 0.25) is 0 Å². The van der Waals surface area contributed by atoms with Gasteiger partial charge in [0, 0.05) is 0 Å². The number of thiazole rings is 1. The summed E-state index contributed by atoms with van der Waals surface area (Å²) in [6.07, 6.45) is 13.9. The van der Waals surface area contributed by atoms with E-state index in [1.54, 1.807) is 2.89 Å². The molecule has 0 N–H and O–H groups in total. The van der Waals surface area contributed by atoms with E-state index in [0.717, 1.165) is 6.42 Å². The number of rotatable bonds is 15. The van der Waals surface area contributed by atoms with Crippen LogP contribution in [0.2, 0.25) is 26.4 Å². The van der Waals surface area contributed by atoms with E-state index in [0.29, 0.717) is 0 Å². The van der Waals surface area contributed by atoms with Crippen molar-refractivity contribution in [1.29, 1.82) is 0 Å². The molecule has 3 nitrogen and oxygen atoms in total. The first-order chi connectivity index (χ1) is 15.1. The fourth-order valence-corrected chi connectivity index (χ4v) is 27.4. The molecular formula is C25H48N2OS2SiSn. The topological polar surface area (TPSA) is 26.5 Å². The molecule has 1 unspecified atom stereocenters. The van der Waals surface area contributed by atoms with Crippen molar-refractivity contribution < 1.29 is 4.43 Å². The number of imidazole rings is 1. The maximum atomic E-state index is 6.45. The minimum absolute atomic E-state index is 0.208. The van der Waals surface area contributed by atoms with Gasteiger partial charge < -0.3 is 0 Å². The molecule has 2 aromatic heterocycles. The zero-order valence-electron chi connectivity index (χ0n) is 22.0. The summed E-state index contributed by atoms with van der Waals surface area (Å²) in [4.78, 5) is 6.20. The van der Waals surface area contributed by atoms with Crippen LogP contribution >= 0.6 is 23.1 Å². The number of nitrogens with zero attached hydrogens (tertiary/aromatic N) is 2. The Morgan fingerprint density at radius 2 is 1.62 bits per heavy atom. The Morgan fingerprint density at radius 1 is 1.06 bits per heavy atom. The van der Waals surface area contributed by atoms with Gasteiger partial charge in [-0.3, -0.25) is 0 Å². The van der Waals surface area contributed by atoms with Crippen molar-refractivity contribution in [2.24, 2.45) is 5.41 Å². The standard InChI is InChI=1S/C13H21N2OS2Si.3C4H9.Sn/c1-13(2,3)8-10(16-19(4)5)18-11-12-15(9-14-11)6-7-17-12;3*1-3-4-2;/h6,9-10,19H,8H2,1-5H3;3*1,3-4H2,2H3;. The van der Waals surface area contributed by atoms with Crippen molar-refractivity contribution in [2.45, 2.75) is 123 Å². The summed E-state index contributed by atoms with van der Waals surface area (Å²) in [6.45, 7) is 18.6. The number of fused-ring (bicyclic) bond motifs is 1. The van der Waals surface area contributed by atoms with Crippen LogP contribution in [-0.4, -0.2) is 42.2 Å². The first kappa shape index (κ1) is 28.7. The Morgan fingerprint density at radius 3 is 2.09 bits per heavy atom. The Balaban J connectivity index is 2.38. The van der Waals surface area contributed by atoms with Gasteiger partial charge in [0.05, 0.1) is 0 Å². The van der Waals surface area contributed by atoms with E-state index in [-0.39, 0.29) is 10.9 Å². The third-order valence-electron chi connectivity index (χ3n) is 6.18. The normalized spacial score (nSPS) is 14.0. The predicted octanol–water partition coefficient (Wildman–Crippen LogP) is 8.31. The summed E-state index contributed by atoms with van der Waals surface area (Å²) < 4.78 is 15.2. The van der Waals surface area contributed by atoms with Crippen molar-refractivity contribution in [3.05, 3.63) is 12.5 Å². The van der Waals surface area contributed by atoms with Crippen LogP contribution in [0.15, 0.2) is 17.6 Å². The van der Waals surface area contributed by atoms with Crippen LogP contribution < -0.4 is 2.89 Å². The summed E-state index contributed by atoms with van der Waals surface area (Å²) in [5.41, 5.74) is 0.464. The molecule has 0 saturated carbocycles. The van der Waals surface area contributed by atoms with E-state index in [2.05, 4.69) is 82.9 Å². The predicted molar refractivity (Wildman–Crippen MR) is 151 cm³/mol. The zero-order valence-corrected chi connectivity index (χ0v) is 27.6. The molecule has 2 heterocycles. The summed E-state index contributed by atoms with van der Waals surface area (Å²) in [7, 11) is -1.11. The van der Waals surface area contributed by atoms with Crippen LogP contribution in [-0.2, 0) is 4.43 Å². The molecule has 0 aromatic carbocycles. The van der Waals surface area contributed by atoms with Gasteiger partial charge in [-0.15, -0.1) is 0 Å². The number of unbranched alkanes of at least 4 members (excludes halogenated alkanes) is 3. The average Bonchev–Trinajstić information content (AvgIpc) is 3.28.